The van der Waals surface area contributed by atoms with Gasteiger partial charge in [-0.1, -0.05) is 60.6 Å². The van der Waals surface area contributed by atoms with Gasteiger partial charge in [-0.2, -0.15) is 5.26 Å². The molecule has 30 heavy (non-hydrogen) atoms. The van der Waals surface area contributed by atoms with Crippen LogP contribution in [0.25, 0.3) is 6.08 Å². The molecule has 0 aromatic heterocycles. The number of hydrogen-bond donors (Lipinski definition) is 2. The topological polar surface area (TPSA) is 73.1 Å². The van der Waals surface area contributed by atoms with Crippen molar-refractivity contribution in [2.24, 2.45) is 0 Å². The summed E-state index contributed by atoms with van der Waals surface area (Å²) in [6.45, 7) is 14.2. The fraction of sp³-hybridized carbons (Fsp3) is 0.385. The third-order valence-corrected chi connectivity index (χ3v) is 5.04. The fourth-order valence-corrected chi connectivity index (χ4v) is 3.22. The van der Waals surface area contributed by atoms with E-state index in [9.17, 15) is 15.2 Å². The van der Waals surface area contributed by atoms with E-state index in [1.165, 1.54) is 5.56 Å². The first-order valence-corrected chi connectivity index (χ1v) is 10.3. The van der Waals surface area contributed by atoms with E-state index >= 15 is 0 Å². The number of nitrogens with one attached hydrogen (secondary N) is 1. The summed E-state index contributed by atoms with van der Waals surface area (Å²) in [6, 6.07) is 13.3. The second-order valence-corrected chi connectivity index (χ2v) is 9.64. The lowest BCUT2D eigenvalue weighted by atomic mass is 9.78. The average Bonchev–Trinajstić information content (AvgIpc) is 2.65. The normalized spacial score (nSPS) is 12.4. The van der Waals surface area contributed by atoms with E-state index in [-0.39, 0.29) is 22.2 Å². The summed E-state index contributed by atoms with van der Waals surface area (Å²) in [5.74, 6) is -0.185. The van der Waals surface area contributed by atoms with E-state index < -0.39 is 5.91 Å². The maximum atomic E-state index is 12.7. The zero-order chi connectivity index (χ0) is 22.7. The number of aryl methyl sites for hydroxylation is 1. The monoisotopic (exact) mass is 404 g/mol. The predicted octanol–water partition coefficient (Wildman–Crippen LogP) is 6.10. The van der Waals surface area contributed by atoms with Crippen LogP contribution in [0.2, 0.25) is 0 Å². The van der Waals surface area contributed by atoms with Gasteiger partial charge in [0.05, 0.1) is 0 Å². The smallest absolute Gasteiger partial charge is 0.266 e. The molecule has 0 radical (unpaired) electrons. The highest BCUT2D eigenvalue weighted by molar-refractivity contribution is 6.09. The van der Waals surface area contributed by atoms with E-state index in [0.29, 0.717) is 5.69 Å². The molecule has 0 aliphatic carbocycles. The molecule has 1 amide bonds. The second-order valence-electron chi connectivity index (χ2n) is 9.64. The Labute approximate surface area is 180 Å². The van der Waals surface area contributed by atoms with Crippen LogP contribution in [0.1, 0.15) is 70.7 Å². The van der Waals surface area contributed by atoms with Crippen molar-refractivity contribution in [2.45, 2.75) is 65.7 Å². The van der Waals surface area contributed by atoms with Crippen LogP contribution in [0.5, 0.6) is 5.75 Å². The van der Waals surface area contributed by atoms with Crippen LogP contribution in [-0.2, 0) is 22.0 Å². The van der Waals surface area contributed by atoms with Gasteiger partial charge >= 0.3 is 0 Å². The minimum atomic E-state index is -0.454. The van der Waals surface area contributed by atoms with Crippen molar-refractivity contribution in [1.29, 1.82) is 5.26 Å². The van der Waals surface area contributed by atoms with Gasteiger partial charge in [-0.3, -0.25) is 4.79 Å². The standard InChI is InChI=1S/C26H32N2O2/c1-8-17-9-11-20(12-10-17)28-24(30)19(16-27)13-18-14-21(25(2,3)4)23(29)22(15-18)26(5,6)7/h9-15,29H,8H2,1-7H3,(H,28,30)/b19-13+. The molecule has 158 valence electrons. The molecular formula is C26H32N2O2. The maximum Gasteiger partial charge on any atom is 0.266 e. The Hall–Kier alpha value is -3.06. The molecule has 0 saturated carbocycles. The van der Waals surface area contributed by atoms with Gasteiger partial charge in [0.2, 0.25) is 0 Å². The Morgan fingerprint density at radius 2 is 1.53 bits per heavy atom. The number of benzene rings is 2. The quantitative estimate of drug-likeness (QED) is 0.478. The number of rotatable bonds is 4. The van der Waals surface area contributed by atoms with Crippen molar-refractivity contribution < 1.29 is 9.90 Å². The molecule has 4 nitrogen and oxygen atoms in total. The van der Waals surface area contributed by atoms with Crippen LogP contribution in [0.4, 0.5) is 5.69 Å². The van der Waals surface area contributed by atoms with E-state index in [0.717, 1.165) is 23.1 Å². The molecule has 0 heterocycles. The summed E-state index contributed by atoms with van der Waals surface area (Å²) < 4.78 is 0. The number of aromatic hydroxyl groups is 1. The summed E-state index contributed by atoms with van der Waals surface area (Å²) in [7, 11) is 0. The van der Waals surface area contributed by atoms with Gasteiger partial charge < -0.3 is 10.4 Å². The molecule has 0 aliphatic rings. The Bertz CT molecular complexity index is 960. The lowest BCUT2D eigenvalue weighted by molar-refractivity contribution is -0.112. The van der Waals surface area contributed by atoms with Crippen LogP contribution in [0.3, 0.4) is 0 Å². The second kappa shape index (κ2) is 8.75. The largest absolute Gasteiger partial charge is 0.507 e. The summed E-state index contributed by atoms with van der Waals surface area (Å²) in [5, 5.41) is 23.2. The van der Waals surface area contributed by atoms with Gasteiger partial charge in [0, 0.05) is 16.8 Å². The number of nitriles is 1. The van der Waals surface area contributed by atoms with Crippen molar-refractivity contribution in [2.75, 3.05) is 5.32 Å². The highest BCUT2D eigenvalue weighted by Crippen LogP contribution is 2.40. The first kappa shape index (κ1) is 23.2. The van der Waals surface area contributed by atoms with E-state index in [1.54, 1.807) is 6.08 Å². The first-order valence-electron chi connectivity index (χ1n) is 10.3. The van der Waals surface area contributed by atoms with Crippen molar-refractivity contribution in [1.82, 2.24) is 0 Å². The zero-order valence-electron chi connectivity index (χ0n) is 19.1. The lowest BCUT2D eigenvalue weighted by Gasteiger charge is -2.28. The van der Waals surface area contributed by atoms with Crippen molar-refractivity contribution >= 4 is 17.7 Å². The number of hydrogen-bond acceptors (Lipinski definition) is 3. The summed E-state index contributed by atoms with van der Waals surface area (Å²) >= 11 is 0. The van der Waals surface area contributed by atoms with E-state index in [1.807, 2.05) is 84.0 Å². The van der Waals surface area contributed by atoms with Crippen LogP contribution in [0.15, 0.2) is 42.0 Å². The van der Waals surface area contributed by atoms with Gasteiger partial charge in [0.15, 0.2) is 0 Å². The zero-order valence-corrected chi connectivity index (χ0v) is 19.1. The molecule has 0 bridgehead atoms. The van der Waals surface area contributed by atoms with E-state index in [2.05, 4.69) is 12.2 Å². The van der Waals surface area contributed by atoms with E-state index in [4.69, 9.17) is 0 Å². The highest BCUT2D eigenvalue weighted by Gasteiger charge is 2.26. The molecule has 0 saturated heterocycles. The molecule has 2 aromatic carbocycles. The highest BCUT2D eigenvalue weighted by atomic mass is 16.3. The number of anilines is 1. The summed E-state index contributed by atoms with van der Waals surface area (Å²) in [4.78, 5) is 12.7. The number of amides is 1. The number of phenolic OH excluding ortho intramolecular Hbond substituents is 1. The minimum absolute atomic E-state index is 0.0139. The number of nitrogens with zero attached hydrogens (tertiary/aromatic N) is 1. The third-order valence-electron chi connectivity index (χ3n) is 5.04. The minimum Gasteiger partial charge on any atom is -0.507 e. The molecule has 0 atom stereocenters. The average molecular weight is 405 g/mol. The third kappa shape index (κ3) is 5.51. The molecule has 0 aliphatic heterocycles. The molecule has 4 heteroatoms. The molecular weight excluding hydrogens is 372 g/mol. The van der Waals surface area contributed by atoms with Crippen LogP contribution < -0.4 is 5.32 Å². The molecule has 2 rings (SSSR count). The Morgan fingerprint density at radius 1 is 1.03 bits per heavy atom. The van der Waals surface area contributed by atoms with Crippen LogP contribution >= 0.6 is 0 Å². The number of carbonyl (C=O) groups excluding carboxylic acids is 1. The van der Waals surface area contributed by atoms with Crippen LogP contribution in [-0.4, -0.2) is 11.0 Å². The lowest BCUT2D eigenvalue weighted by Crippen LogP contribution is -2.18. The predicted molar refractivity (Wildman–Crippen MR) is 124 cm³/mol. The molecule has 0 fully saturated rings. The van der Waals surface area contributed by atoms with Crippen molar-refractivity contribution in [3.63, 3.8) is 0 Å². The van der Waals surface area contributed by atoms with Gasteiger partial charge in [-0.25, -0.2) is 0 Å². The Kier molecular flexibility index (Phi) is 6.77. The number of carbonyl (C=O) groups is 1. The number of phenols is 1. The molecule has 0 spiro atoms. The molecule has 2 N–H and O–H groups in total. The van der Waals surface area contributed by atoms with Crippen LogP contribution in [0, 0.1) is 11.3 Å². The Balaban J connectivity index is 2.47. The van der Waals surface area contributed by atoms with Gasteiger partial charge in [0.25, 0.3) is 5.91 Å². The molecule has 2 aromatic rings. The first-order chi connectivity index (χ1) is 13.9. The van der Waals surface area contributed by atoms with Crippen molar-refractivity contribution in [3.05, 3.63) is 64.2 Å². The van der Waals surface area contributed by atoms with Gasteiger partial charge in [0.1, 0.15) is 17.4 Å². The van der Waals surface area contributed by atoms with Gasteiger partial charge in [-0.15, -0.1) is 0 Å². The fourth-order valence-electron chi connectivity index (χ4n) is 3.22. The molecule has 0 unspecified atom stereocenters. The SMILES string of the molecule is CCc1ccc(NC(=O)/C(C#N)=C/c2cc(C(C)(C)C)c(O)c(C(C)(C)C)c2)cc1. The Morgan fingerprint density at radius 3 is 1.93 bits per heavy atom. The summed E-state index contributed by atoms with van der Waals surface area (Å²) in [6.07, 6.45) is 2.50. The summed E-state index contributed by atoms with van der Waals surface area (Å²) in [5.41, 5.74) is 3.56. The maximum absolute atomic E-state index is 12.7. The van der Waals surface area contributed by atoms with Gasteiger partial charge in [-0.05, 0) is 58.7 Å². The van der Waals surface area contributed by atoms with Crippen molar-refractivity contribution in [3.8, 4) is 11.8 Å².